The molecule has 19 heteroatoms. The van der Waals surface area contributed by atoms with Crippen LogP contribution in [0.25, 0.3) is 0 Å². The number of aliphatic hydroxyl groups is 13. The van der Waals surface area contributed by atoms with Crippen molar-refractivity contribution in [2.75, 3.05) is 19.8 Å². The van der Waals surface area contributed by atoms with Crippen molar-refractivity contribution < 1.29 is 94.8 Å². The zero-order valence-electron chi connectivity index (χ0n) is 40.3. The van der Waals surface area contributed by atoms with E-state index in [1.807, 2.05) is 34.6 Å². The Morgan fingerprint density at radius 3 is 1.76 bits per heavy atom. The molecule has 13 N–H and O–H groups in total. The number of rotatable bonds is 13. The fraction of sp³-hybridized carbons (Fsp3) is 0.958. The molecule has 7 aliphatic rings. The number of hydrogen-bond acceptors (Lipinski definition) is 19. The van der Waals surface area contributed by atoms with Gasteiger partial charge in [-0.25, -0.2) is 0 Å². The molecular formula is C48H82O19. The van der Waals surface area contributed by atoms with Crippen LogP contribution in [0.1, 0.15) is 100 Å². The molecule has 19 nitrogen and oxygen atoms in total. The molecule has 7 rings (SSSR count). The zero-order valence-corrected chi connectivity index (χ0v) is 40.3. The molecule has 0 aromatic carbocycles. The minimum atomic E-state index is -1.86. The number of allylic oxidation sites excluding steroid dienone is 2. The predicted molar refractivity (Wildman–Crippen MR) is 235 cm³/mol. The van der Waals surface area contributed by atoms with Crippen LogP contribution in [0.4, 0.5) is 0 Å². The highest BCUT2D eigenvalue weighted by Crippen LogP contribution is 2.73. The lowest BCUT2D eigenvalue weighted by Gasteiger charge is -2.68. The van der Waals surface area contributed by atoms with E-state index in [1.165, 1.54) is 0 Å². The van der Waals surface area contributed by atoms with Crippen molar-refractivity contribution in [1.82, 2.24) is 0 Å². The fourth-order valence-corrected chi connectivity index (χ4v) is 14.7. The quantitative estimate of drug-likeness (QED) is 0.0762. The van der Waals surface area contributed by atoms with Gasteiger partial charge < -0.3 is 94.8 Å². The summed E-state index contributed by atoms with van der Waals surface area (Å²) in [5, 5.41) is 142. The third-order valence-electron chi connectivity index (χ3n) is 18.5. The first-order chi connectivity index (χ1) is 31.3. The van der Waals surface area contributed by atoms with Crippen LogP contribution >= 0.6 is 0 Å². The van der Waals surface area contributed by atoms with Gasteiger partial charge in [0.25, 0.3) is 0 Å². The number of fused-ring (bicyclic) bond motifs is 5. The summed E-state index contributed by atoms with van der Waals surface area (Å²) in [6.45, 7) is 14.4. The second-order valence-electron chi connectivity index (χ2n) is 22.9. The first-order valence-electron chi connectivity index (χ1n) is 24.5. The molecule has 4 aliphatic carbocycles. The Kier molecular flexibility index (Phi) is 16.1. The van der Waals surface area contributed by atoms with Crippen LogP contribution in [0, 0.1) is 51.8 Å². The van der Waals surface area contributed by atoms with Crippen LogP contribution in [-0.2, 0) is 28.4 Å². The summed E-state index contributed by atoms with van der Waals surface area (Å²) in [6, 6.07) is 0. The average Bonchev–Trinajstić information content (AvgIpc) is 3.56. The SMILES string of the molecule is CC(C)=CCC[C@](C)(O[C@@H]1O[C@H](CO)[C@@H](O)[C@H](O)[C@H]1O)[C@H]1CC(C)[C@]2(C)C3C[C@@H](O[C@@H]4O[C@H](CO)[C@@H](O)[C@H](O)[C@H]4O[C@@H]4O[C@H](CO)[C@@H](O)[C@H](O)[C@H]4O)C4C(C)(C)C(O)CC[C@]4(C)C3CC(O)C12. The van der Waals surface area contributed by atoms with E-state index in [-0.39, 0.29) is 35.5 Å². The van der Waals surface area contributed by atoms with Crippen molar-refractivity contribution in [3.05, 3.63) is 11.6 Å². The average molecular weight is 963 g/mol. The van der Waals surface area contributed by atoms with Crippen molar-refractivity contribution in [3.63, 3.8) is 0 Å². The molecule has 0 radical (unpaired) electrons. The summed E-state index contributed by atoms with van der Waals surface area (Å²) >= 11 is 0. The summed E-state index contributed by atoms with van der Waals surface area (Å²) in [6.07, 6.45) is -20.5. The molecule has 3 aliphatic heterocycles. The Morgan fingerprint density at radius 2 is 1.19 bits per heavy atom. The van der Waals surface area contributed by atoms with Crippen LogP contribution in [0.15, 0.2) is 11.6 Å². The number of hydrogen-bond donors (Lipinski definition) is 13. The maximum atomic E-state index is 12.7. The third-order valence-corrected chi connectivity index (χ3v) is 18.5. The topological polar surface area (TPSA) is 318 Å². The standard InChI is InChI=1S/C48H82O19/c1-20(2)10-9-12-47(7,67-43-39(61)36(58)33(55)28(18-50)64-43)24-14-21(3)48(8)23-16-26(41-45(4,5)30(53)11-13-46(41,6)22(23)15-25(52)31(24)48)62-44-40(37(59)34(56)29(19-51)65-44)66-42-38(60)35(57)32(54)27(17-49)63-42/h10,21-44,49-61H,9,11-19H2,1-8H3/t21?,22?,23?,24-,25?,26+,27+,28+,29+,30?,31?,32+,33+,34+,35-,36-,37-,38+,39+,40+,41?,42-,43-,44+,46+,47-,48+/m0/s1. The maximum absolute atomic E-state index is 12.7. The van der Waals surface area contributed by atoms with Crippen LogP contribution in [0.5, 0.6) is 0 Å². The Morgan fingerprint density at radius 1 is 0.657 bits per heavy atom. The summed E-state index contributed by atoms with van der Waals surface area (Å²) in [4.78, 5) is 0. The molecule has 0 amide bonds. The van der Waals surface area contributed by atoms with Crippen LogP contribution in [-0.4, -0.2) is 202 Å². The van der Waals surface area contributed by atoms with Crippen molar-refractivity contribution in [1.29, 1.82) is 0 Å². The Balaban J connectivity index is 1.26. The Hall–Kier alpha value is -1.02. The molecule has 4 saturated carbocycles. The van der Waals surface area contributed by atoms with E-state index >= 15 is 0 Å². The van der Waals surface area contributed by atoms with Crippen LogP contribution in [0.3, 0.4) is 0 Å². The number of aliphatic hydroxyl groups excluding tert-OH is 13. The summed E-state index contributed by atoms with van der Waals surface area (Å²) in [5.74, 6) is -1.33. The lowest BCUT2D eigenvalue weighted by Crippen LogP contribution is -2.69. The molecule has 0 bridgehead atoms. The van der Waals surface area contributed by atoms with Gasteiger partial charge in [-0.05, 0) is 117 Å². The molecule has 3 saturated heterocycles. The Bertz CT molecular complexity index is 1700. The summed E-state index contributed by atoms with van der Waals surface area (Å²) in [7, 11) is 0. The molecular weight excluding hydrogens is 881 g/mol. The van der Waals surface area contributed by atoms with E-state index in [9.17, 15) is 66.4 Å². The minimum absolute atomic E-state index is 0.0296. The fourth-order valence-electron chi connectivity index (χ4n) is 14.7. The van der Waals surface area contributed by atoms with Gasteiger partial charge in [-0.15, -0.1) is 0 Å². The lowest BCUT2D eigenvalue weighted by atomic mass is 9.38. The first-order valence-corrected chi connectivity index (χ1v) is 24.5. The number of ether oxygens (including phenoxy) is 6. The highest BCUT2D eigenvalue weighted by molar-refractivity contribution is 5.19. The molecule has 0 aromatic rings. The highest BCUT2D eigenvalue weighted by atomic mass is 16.8. The summed E-state index contributed by atoms with van der Waals surface area (Å²) in [5.41, 5.74) is -1.90. The van der Waals surface area contributed by atoms with Gasteiger partial charge in [-0.2, -0.15) is 0 Å². The molecule has 7 unspecified atom stereocenters. The van der Waals surface area contributed by atoms with Crippen LogP contribution < -0.4 is 0 Å². The lowest BCUT2D eigenvalue weighted by molar-refractivity contribution is -0.381. The zero-order chi connectivity index (χ0) is 49.5. The smallest absolute Gasteiger partial charge is 0.187 e. The van der Waals surface area contributed by atoms with Crippen molar-refractivity contribution in [2.45, 2.75) is 216 Å². The van der Waals surface area contributed by atoms with E-state index in [4.69, 9.17) is 28.4 Å². The van der Waals surface area contributed by atoms with Gasteiger partial charge in [-0.3, -0.25) is 0 Å². The van der Waals surface area contributed by atoms with Gasteiger partial charge in [-0.1, -0.05) is 46.3 Å². The maximum Gasteiger partial charge on any atom is 0.187 e. The second-order valence-corrected chi connectivity index (χ2v) is 22.9. The van der Waals surface area contributed by atoms with Gasteiger partial charge in [0.15, 0.2) is 18.9 Å². The summed E-state index contributed by atoms with van der Waals surface area (Å²) < 4.78 is 37.8. The van der Waals surface area contributed by atoms with Gasteiger partial charge in [0, 0.05) is 0 Å². The van der Waals surface area contributed by atoms with E-state index in [0.717, 1.165) is 5.57 Å². The molecule has 3 heterocycles. The van der Waals surface area contributed by atoms with Gasteiger partial charge in [0.05, 0.1) is 43.7 Å². The first kappa shape index (κ1) is 53.8. The van der Waals surface area contributed by atoms with E-state index in [1.54, 1.807) is 0 Å². The molecule has 0 spiro atoms. The minimum Gasteiger partial charge on any atom is -0.394 e. The van der Waals surface area contributed by atoms with E-state index in [0.29, 0.717) is 44.9 Å². The van der Waals surface area contributed by atoms with Crippen molar-refractivity contribution in [2.24, 2.45) is 51.8 Å². The third kappa shape index (κ3) is 9.24. The largest absolute Gasteiger partial charge is 0.394 e. The molecule has 0 aromatic heterocycles. The van der Waals surface area contributed by atoms with Gasteiger partial charge in [0.2, 0.25) is 0 Å². The molecule has 388 valence electrons. The van der Waals surface area contributed by atoms with Crippen LogP contribution in [0.2, 0.25) is 0 Å². The highest BCUT2D eigenvalue weighted by Gasteiger charge is 2.71. The normalized spacial score (nSPS) is 52.9. The van der Waals surface area contributed by atoms with Crippen molar-refractivity contribution >= 4 is 0 Å². The Labute approximate surface area is 393 Å². The second kappa shape index (κ2) is 20.1. The monoisotopic (exact) mass is 963 g/mol. The molecule has 27 atom stereocenters. The van der Waals surface area contributed by atoms with E-state index < -0.39 is 152 Å². The van der Waals surface area contributed by atoms with Gasteiger partial charge >= 0.3 is 0 Å². The molecule has 7 fully saturated rings. The predicted octanol–water partition coefficient (Wildman–Crippen LogP) is -1.20. The van der Waals surface area contributed by atoms with E-state index in [2.05, 4.69) is 26.8 Å². The molecule has 67 heavy (non-hydrogen) atoms. The van der Waals surface area contributed by atoms with Crippen molar-refractivity contribution in [3.8, 4) is 0 Å². The van der Waals surface area contributed by atoms with Gasteiger partial charge in [0.1, 0.15) is 73.2 Å².